The number of nitrogens with one attached hydrogen (secondary N) is 1. The second-order valence-corrected chi connectivity index (χ2v) is 6.13. The van der Waals surface area contributed by atoms with Crippen LogP contribution in [0.1, 0.15) is 17.3 Å². The largest absolute Gasteiger partial charge is 0.453 e. The molecule has 1 atom stereocenters. The Bertz CT molecular complexity index is 608. The zero-order chi connectivity index (χ0) is 16.0. The summed E-state index contributed by atoms with van der Waals surface area (Å²) in [6.45, 7) is 1.23. The summed E-state index contributed by atoms with van der Waals surface area (Å²) in [4.78, 5) is 23.2. The van der Waals surface area contributed by atoms with Gasteiger partial charge in [-0.2, -0.15) is 0 Å². The Morgan fingerprint density at radius 3 is 2.29 bits per heavy atom. The maximum Gasteiger partial charge on any atom is 0.332 e. The first kappa shape index (κ1) is 17.1. The molecule has 0 saturated carbocycles. The Morgan fingerprint density at radius 1 is 1.24 bits per heavy atom. The number of benzene rings is 1. The fourth-order valence-corrected chi connectivity index (χ4v) is 2.12. The first-order chi connectivity index (χ1) is 9.73. The van der Waals surface area contributed by atoms with E-state index in [4.69, 9.17) is 4.74 Å². The zero-order valence-electron chi connectivity index (χ0n) is 12.0. The highest BCUT2D eigenvalue weighted by atomic mass is 32.2. The molecule has 1 rings (SSSR count). The number of methoxy groups -OCH3 is 1. The molecule has 1 N–H and O–H groups in total. The molecule has 0 aliphatic carbocycles. The van der Waals surface area contributed by atoms with Crippen molar-refractivity contribution in [3.8, 4) is 0 Å². The highest BCUT2D eigenvalue weighted by Gasteiger charge is 2.19. The normalized spacial score (nSPS) is 12.5. The minimum Gasteiger partial charge on any atom is -0.453 e. The number of carbonyl (C=O) groups is 2. The van der Waals surface area contributed by atoms with Gasteiger partial charge in [0.05, 0.1) is 6.26 Å². The predicted molar refractivity (Wildman–Crippen MR) is 76.7 cm³/mol. The van der Waals surface area contributed by atoms with Gasteiger partial charge in [0.2, 0.25) is 15.8 Å². The number of sulfonamides is 1. The van der Waals surface area contributed by atoms with Crippen molar-refractivity contribution in [3.63, 3.8) is 0 Å². The van der Waals surface area contributed by atoms with Gasteiger partial charge in [0.1, 0.15) is 6.61 Å². The molecule has 8 heteroatoms. The number of ketones is 1. The quantitative estimate of drug-likeness (QED) is 0.591. The van der Waals surface area contributed by atoms with Crippen LogP contribution in [0, 0.1) is 0 Å². The number of ether oxygens (including phenoxy) is 2. The summed E-state index contributed by atoms with van der Waals surface area (Å²) in [6, 6.07) is 5.82. The van der Waals surface area contributed by atoms with E-state index in [1.165, 1.54) is 38.3 Å². The lowest BCUT2D eigenvalue weighted by Crippen LogP contribution is -2.26. The van der Waals surface area contributed by atoms with Crippen molar-refractivity contribution in [3.05, 3.63) is 29.8 Å². The standard InChI is InChI=1S/C13H17NO6S/c1-9(20-12(15)8-19-2)13(16)10-4-6-11(7-5-10)14-21(3,17)18/h4-7,9,14H,8H2,1-3H3/t9-/m1/s1. The fraction of sp³-hybridized carbons (Fsp3) is 0.385. The van der Waals surface area contributed by atoms with Crippen LogP contribution in [0.5, 0.6) is 0 Å². The Balaban J connectivity index is 2.72. The van der Waals surface area contributed by atoms with Crippen molar-refractivity contribution in [1.82, 2.24) is 0 Å². The van der Waals surface area contributed by atoms with Crippen LogP contribution < -0.4 is 4.72 Å². The maximum absolute atomic E-state index is 12.0. The van der Waals surface area contributed by atoms with Crippen LogP contribution in [-0.2, 0) is 24.3 Å². The van der Waals surface area contributed by atoms with Gasteiger partial charge in [0.25, 0.3) is 0 Å². The van der Waals surface area contributed by atoms with Crippen LogP contribution in [-0.4, -0.2) is 46.2 Å². The maximum atomic E-state index is 12.0. The molecule has 1 aromatic rings. The Morgan fingerprint density at radius 2 is 1.81 bits per heavy atom. The van der Waals surface area contributed by atoms with Crippen molar-refractivity contribution in [2.75, 3.05) is 24.7 Å². The number of rotatable bonds is 7. The highest BCUT2D eigenvalue weighted by molar-refractivity contribution is 7.92. The van der Waals surface area contributed by atoms with Gasteiger partial charge in [-0.1, -0.05) is 0 Å². The van der Waals surface area contributed by atoms with E-state index < -0.39 is 22.1 Å². The topological polar surface area (TPSA) is 98.8 Å². The van der Waals surface area contributed by atoms with E-state index in [0.29, 0.717) is 11.3 Å². The monoisotopic (exact) mass is 315 g/mol. The zero-order valence-corrected chi connectivity index (χ0v) is 12.8. The molecular formula is C13H17NO6S. The lowest BCUT2D eigenvalue weighted by molar-refractivity contribution is -0.150. The van der Waals surface area contributed by atoms with Crippen LogP contribution in [0.15, 0.2) is 24.3 Å². The molecule has 0 heterocycles. The second-order valence-electron chi connectivity index (χ2n) is 4.38. The molecule has 7 nitrogen and oxygen atoms in total. The van der Waals surface area contributed by atoms with Crippen molar-refractivity contribution in [2.24, 2.45) is 0 Å². The third-order valence-corrected chi connectivity index (χ3v) is 3.02. The lowest BCUT2D eigenvalue weighted by atomic mass is 10.1. The molecule has 0 aliphatic rings. The number of hydrogen-bond donors (Lipinski definition) is 1. The average Bonchev–Trinajstić information content (AvgIpc) is 2.37. The van der Waals surface area contributed by atoms with Crippen LogP contribution in [0.4, 0.5) is 5.69 Å². The van der Waals surface area contributed by atoms with Crippen molar-refractivity contribution in [2.45, 2.75) is 13.0 Å². The summed E-state index contributed by atoms with van der Waals surface area (Å²) in [5.74, 6) is -1.01. The third-order valence-electron chi connectivity index (χ3n) is 2.41. The summed E-state index contributed by atoms with van der Waals surface area (Å²) in [5.41, 5.74) is 0.657. The third kappa shape index (κ3) is 5.92. The number of Topliss-reactive ketones (excluding diaryl/α,β-unsaturated/α-hetero) is 1. The van der Waals surface area contributed by atoms with Gasteiger partial charge in [-0.15, -0.1) is 0 Å². The smallest absolute Gasteiger partial charge is 0.332 e. The van der Waals surface area contributed by atoms with E-state index >= 15 is 0 Å². The Kier molecular flexibility index (Phi) is 5.86. The van der Waals surface area contributed by atoms with E-state index in [0.717, 1.165) is 6.26 Å². The minimum absolute atomic E-state index is 0.227. The second kappa shape index (κ2) is 7.19. The van der Waals surface area contributed by atoms with E-state index in [9.17, 15) is 18.0 Å². The van der Waals surface area contributed by atoms with Crippen LogP contribution in [0.3, 0.4) is 0 Å². The molecule has 0 bridgehead atoms. The van der Waals surface area contributed by atoms with Crippen molar-refractivity contribution in [1.29, 1.82) is 0 Å². The molecule has 0 amide bonds. The minimum atomic E-state index is -3.37. The fourth-order valence-electron chi connectivity index (χ4n) is 1.55. The number of anilines is 1. The van der Waals surface area contributed by atoms with Gasteiger partial charge in [0, 0.05) is 18.4 Å². The van der Waals surface area contributed by atoms with E-state index in [1.54, 1.807) is 0 Å². The molecule has 0 radical (unpaired) electrons. The van der Waals surface area contributed by atoms with Crippen LogP contribution >= 0.6 is 0 Å². The van der Waals surface area contributed by atoms with Crippen LogP contribution in [0.25, 0.3) is 0 Å². The predicted octanol–water partition coefficient (Wildman–Crippen LogP) is 0.819. The van der Waals surface area contributed by atoms with Gasteiger partial charge in [-0.05, 0) is 31.2 Å². The molecule has 0 unspecified atom stereocenters. The first-order valence-electron chi connectivity index (χ1n) is 6.03. The van der Waals surface area contributed by atoms with Gasteiger partial charge in [-0.25, -0.2) is 13.2 Å². The summed E-state index contributed by atoms with van der Waals surface area (Å²) >= 11 is 0. The lowest BCUT2D eigenvalue weighted by Gasteiger charge is -2.12. The Hall–Kier alpha value is -1.93. The van der Waals surface area contributed by atoms with Crippen molar-refractivity contribution >= 4 is 27.5 Å². The molecule has 0 saturated heterocycles. The molecule has 21 heavy (non-hydrogen) atoms. The van der Waals surface area contributed by atoms with E-state index in [2.05, 4.69) is 9.46 Å². The van der Waals surface area contributed by atoms with Crippen LogP contribution in [0.2, 0.25) is 0 Å². The SMILES string of the molecule is COCC(=O)O[C@H](C)C(=O)c1ccc(NS(C)(=O)=O)cc1. The molecule has 0 aromatic heterocycles. The number of esters is 1. The van der Waals surface area contributed by atoms with Gasteiger partial charge in [0.15, 0.2) is 6.10 Å². The summed E-state index contributed by atoms with van der Waals surface area (Å²) < 4.78 is 33.9. The molecule has 0 fully saturated rings. The van der Waals surface area contributed by atoms with E-state index in [1.807, 2.05) is 0 Å². The summed E-state index contributed by atoms with van der Waals surface area (Å²) in [6.07, 6.45) is 0.0880. The summed E-state index contributed by atoms with van der Waals surface area (Å²) in [5, 5.41) is 0. The highest BCUT2D eigenvalue weighted by Crippen LogP contribution is 2.13. The molecule has 116 valence electrons. The van der Waals surface area contributed by atoms with Crippen molar-refractivity contribution < 1.29 is 27.5 Å². The molecule has 0 spiro atoms. The molecule has 1 aromatic carbocycles. The van der Waals surface area contributed by atoms with Gasteiger partial charge < -0.3 is 9.47 Å². The average molecular weight is 315 g/mol. The van der Waals surface area contributed by atoms with E-state index in [-0.39, 0.29) is 12.4 Å². The number of carbonyl (C=O) groups excluding carboxylic acids is 2. The molecular weight excluding hydrogens is 298 g/mol. The molecule has 0 aliphatic heterocycles. The summed E-state index contributed by atoms with van der Waals surface area (Å²) in [7, 11) is -2.02. The van der Waals surface area contributed by atoms with Gasteiger partial charge in [-0.3, -0.25) is 9.52 Å². The number of hydrogen-bond acceptors (Lipinski definition) is 6. The Labute approximate surface area is 123 Å². The van der Waals surface area contributed by atoms with Gasteiger partial charge >= 0.3 is 5.97 Å². The first-order valence-corrected chi connectivity index (χ1v) is 7.92.